The zero-order valence-electron chi connectivity index (χ0n) is 15.3. The number of aryl methyl sites for hydroxylation is 2. The summed E-state index contributed by atoms with van der Waals surface area (Å²) in [5.74, 6) is 1.61. The summed E-state index contributed by atoms with van der Waals surface area (Å²) in [4.78, 5) is 0. The average Bonchev–Trinajstić information content (AvgIpc) is 3.31. The van der Waals surface area contributed by atoms with E-state index in [0.717, 1.165) is 28.2 Å². The molecule has 8 heteroatoms. The molecule has 0 fully saturated rings. The van der Waals surface area contributed by atoms with Crippen LogP contribution in [0.15, 0.2) is 59.8 Å². The Bertz CT molecular complexity index is 1040. The van der Waals surface area contributed by atoms with Gasteiger partial charge in [0.1, 0.15) is 5.82 Å². The summed E-state index contributed by atoms with van der Waals surface area (Å²) in [5.41, 5.74) is 3.19. The van der Waals surface area contributed by atoms with Crippen molar-refractivity contribution in [2.45, 2.75) is 31.2 Å². The third kappa shape index (κ3) is 3.48. The van der Waals surface area contributed by atoms with Crippen LogP contribution in [-0.4, -0.2) is 35.0 Å². The molecule has 7 nitrogen and oxygen atoms in total. The first-order chi connectivity index (χ1) is 13.1. The van der Waals surface area contributed by atoms with Crippen molar-refractivity contribution in [3.8, 4) is 11.4 Å². The summed E-state index contributed by atoms with van der Waals surface area (Å²) < 4.78 is 3.81. The molecule has 0 aliphatic heterocycles. The Morgan fingerprint density at radius 2 is 1.59 bits per heavy atom. The maximum absolute atomic E-state index is 4.36. The minimum Gasteiger partial charge on any atom is -0.274 e. The molecule has 136 valence electrons. The first-order valence-corrected chi connectivity index (χ1v) is 9.51. The molecule has 4 aromatic rings. The molecule has 1 atom stereocenters. The summed E-state index contributed by atoms with van der Waals surface area (Å²) in [7, 11) is 0. The fraction of sp³-hybridized carbons (Fsp3) is 0.211. The molecule has 27 heavy (non-hydrogen) atoms. The van der Waals surface area contributed by atoms with Gasteiger partial charge in [0, 0.05) is 5.69 Å². The van der Waals surface area contributed by atoms with E-state index in [9.17, 15) is 0 Å². The van der Waals surface area contributed by atoms with E-state index in [1.165, 1.54) is 5.56 Å². The number of aromatic nitrogens is 7. The molecule has 0 saturated carbocycles. The molecule has 0 saturated heterocycles. The number of hydrogen-bond donors (Lipinski definition) is 0. The van der Waals surface area contributed by atoms with E-state index in [1.54, 1.807) is 16.4 Å². The van der Waals surface area contributed by atoms with Crippen LogP contribution in [0.5, 0.6) is 0 Å². The van der Waals surface area contributed by atoms with Crippen molar-refractivity contribution in [3.63, 3.8) is 0 Å². The predicted molar refractivity (Wildman–Crippen MR) is 104 cm³/mol. The number of para-hydroxylation sites is 1. The Morgan fingerprint density at radius 3 is 2.33 bits per heavy atom. The number of nitrogens with zero attached hydrogens (tertiary/aromatic N) is 7. The van der Waals surface area contributed by atoms with Crippen LogP contribution in [0.2, 0.25) is 0 Å². The predicted octanol–water partition coefficient (Wildman–Crippen LogP) is 3.71. The van der Waals surface area contributed by atoms with Gasteiger partial charge in [0.15, 0.2) is 11.0 Å². The first-order valence-electron chi connectivity index (χ1n) is 8.63. The highest BCUT2D eigenvalue weighted by Gasteiger charge is 2.21. The van der Waals surface area contributed by atoms with Crippen molar-refractivity contribution in [2.24, 2.45) is 0 Å². The van der Waals surface area contributed by atoms with Crippen LogP contribution in [-0.2, 0) is 0 Å². The van der Waals surface area contributed by atoms with Crippen LogP contribution in [0.25, 0.3) is 11.4 Å². The summed E-state index contributed by atoms with van der Waals surface area (Å²) in [6.45, 7) is 6.10. The standard InChI is InChI=1S/C19H19N7S/c1-13-9-11-16(12-10-13)25-15(3)20-22-19(25)27-14(2)18-21-23-24-26(18)17-7-5-4-6-8-17/h4-12,14H,1-3H3. The van der Waals surface area contributed by atoms with Crippen LogP contribution in [0.4, 0.5) is 0 Å². The lowest BCUT2D eigenvalue weighted by Gasteiger charge is -2.13. The number of rotatable bonds is 5. The minimum atomic E-state index is -0.00648. The van der Waals surface area contributed by atoms with E-state index < -0.39 is 0 Å². The Morgan fingerprint density at radius 1 is 0.852 bits per heavy atom. The normalized spacial score (nSPS) is 12.3. The van der Waals surface area contributed by atoms with E-state index in [-0.39, 0.29) is 5.25 Å². The highest BCUT2D eigenvalue weighted by Crippen LogP contribution is 2.34. The van der Waals surface area contributed by atoms with Gasteiger partial charge in [-0.15, -0.1) is 15.3 Å². The van der Waals surface area contributed by atoms with Crippen LogP contribution in [0.3, 0.4) is 0 Å². The zero-order chi connectivity index (χ0) is 18.8. The maximum Gasteiger partial charge on any atom is 0.196 e. The second-order valence-electron chi connectivity index (χ2n) is 6.25. The van der Waals surface area contributed by atoms with Crippen molar-refractivity contribution in [3.05, 3.63) is 71.8 Å². The molecule has 0 spiro atoms. The van der Waals surface area contributed by atoms with Gasteiger partial charge in [-0.1, -0.05) is 47.7 Å². The molecule has 2 heterocycles. The fourth-order valence-electron chi connectivity index (χ4n) is 2.82. The molecule has 1 unspecified atom stereocenters. The summed E-state index contributed by atoms with van der Waals surface area (Å²) >= 11 is 1.58. The quantitative estimate of drug-likeness (QED) is 0.494. The van der Waals surface area contributed by atoms with Crippen molar-refractivity contribution in [1.82, 2.24) is 35.0 Å². The second kappa shape index (κ2) is 7.32. The summed E-state index contributed by atoms with van der Waals surface area (Å²) in [6, 6.07) is 18.2. The van der Waals surface area contributed by atoms with Crippen LogP contribution < -0.4 is 0 Å². The fourth-order valence-corrected chi connectivity index (χ4v) is 3.82. The third-order valence-electron chi connectivity index (χ3n) is 4.23. The van der Waals surface area contributed by atoms with Gasteiger partial charge < -0.3 is 0 Å². The second-order valence-corrected chi connectivity index (χ2v) is 7.55. The van der Waals surface area contributed by atoms with Crippen molar-refractivity contribution in [2.75, 3.05) is 0 Å². The first kappa shape index (κ1) is 17.4. The number of thioether (sulfide) groups is 1. The van der Waals surface area contributed by atoms with E-state index in [2.05, 4.69) is 68.4 Å². The molecular weight excluding hydrogens is 358 g/mol. The van der Waals surface area contributed by atoms with Gasteiger partial charge in [0.05, 0.1) is 10.9 Å². The SMILES string of the molecule is Cc1ccc(-n2c(C)nnc2SC(C)c2nnnn2-c2ccccc2)cc1. The Labute approximate surface area is 161 Å². The zero-order valence-corrected chi connectivity index (χ0v) is 16.1. The van der Waals surface area contributed by atoms with Gasteiger partial charge in [-0.05, 0) is 55.5 Å². The summed E-state index contributed by atoms with van der Waals surface area (Å²) in [6.07, 6.45) is 0. The lowest BCUT2D eigenvalue weighted by atomic mass is 10.2. The Kier molecular flexibility index (Phi) is 4.72. The lowest BCUT2D eigenvalue weighted by molar-refractivity contribution is 0.760. The number of benzene rings is 2. The van der Waals surface area contributed by atoms with Crippen LogP contribution >= 0.6 is 11.8 Å². The van der Waals surface area contributed by atoms with Gasteiger partial charge in [-0.25, -0.2) is 0 Å². The molecule has 2 aromatic carbocycles. The number of hydrogen-bond acceptors (Lipinski definition) is 6. The van der Waals surface area contributed by atoms with Crippen LogP contribution in [0, 0.1) is 13.8 Å². The lowest BCUT2D eigenvalue weighted by Crippen LogP contribution is -2.06. The third-order valence-corrected chi connectivity index (χ3v) is 5.27. The molecule has 0 amide bonds. The highest BCUT2D eigenvalue weighted by molar-refractivity contribution is 7.99. The van der Waals surface area contributed by atoms with Crippen molar-refractivity contribution >= 4 is 11.8 Å². The van der Waals surface area contributed by atoms with Gasteiger partial charge in [0.2, 0.25) is 0 Å². The topological polar surface area (TPSA) is 74.3 Å². The molecule has 2 aromatic heterocycles. The molecule has 0 radical (unpaired) electrons. The molecule has 4 rings (SSSR count). The molecule has 0 N–H and O–H groups in total. The minimum absolute atomic E-state index is 0.00648. The van der Waals surface area contributed by atoms with Gasteiger partial charge in [-0.2, -0.15) is 4.68 Å². The van der Waals surface area contributed by atoms with Gasteiger partial charge in [-0.3, -0.25) is 4.57 Å². The Hall–Kier alpha value is -3.00. The molecule has 0 bridgehead atoms. The molecule has 0 aliphatic rings. The average molecular weight is 377 g/mol. The summed E-state index contributed by atoms with van der Waals surface area (Å²) in [5, 5.41) is 21.7. The van der Waals surface area contributed by atoms with Crippen LogP contribution in [0.1, 0.15) is 29.4 Å². The van der Waals surface area contributed by atoms with Crippen molar-refractivity contribution in [1.29, 1.82) is 0 Å². The maximum atomic E-state index is 4.36. The van der Waals surface area contributed by atoms with Crippen molar-refractivity contribution < 1.29 is 0 Å². The monoisotopic (exact) mass is 377 g/mol. The number of tetrazole rings is 1. The molecule has 0 aliphatic carbocycles. The van der Waals surface area contributed by atoms with Gasteiger partial charge >= 0.3 is 0 Å². The van der Waals surface area contributed by atoms with E-state index >= 15 is 0 Å². The molecular formula is C19H19N7S. The van der Waals surface area contributed by atoms with E-state index in [4.69, 9.17) is 0 Å². The van der Waals surface area contributed by atoms with E-state index in [1.807, 2.05) is 37.3 Å². The van der Waals surface area contributed by atoms with E-state index in [0.29, 0.717) is 0 Å². The largest absolute Gasteiger partial charge is 0.274 e. The van der Waals surface area contributed by atoms with Gasteiger partial charge in [0.25, 0.3) is 0 Å². The highest BCUT2D eigenvalue weighted by atomic mass is 32.2. The smallest absolute Gasteiger partial charge is 0.196 e. The Balaban J connectivity index is 1.65.